The van der Waals surface area contributed by atoms with Gasteiger partial charge in [-0.25, -0.2) is 0 Å². The van der Waals surface area contributed by atoms with E-state index in [2.05, 4.69) is 0 Å². The molecule has 0 unspecified atom stereocenters. The normalized spacial score (nSPS) is 14.3. The fourth-order valence-electron chi connectivity index (χ4n) is 1.27. The first-order valence-corrected chi connectivity index (χ1v) is 4.30. The summed E-state index contributed by atoms with van der Waals surface area (Å²) in [7, 11) is 0. The van der Waals surface area contributed by atoms with Crippen molar-refractivity contribution in [3.8, 4) is 0 Å². The van der Waals surface area contributed by atoms with Gasteiger partial charge >= 0.3 is 0 Å². The maximum absolute atomic E-state index is 9.60. The van der Waals surface area contributed by atoms with Crippen LogP contribution in [0.25, 0.3) is 0 Å². The standard InChI is InChI=1S/C10H15NO2.ClH/c1-7(12)10(13)9-5-3-2-4-8(9)6-11;/h2-5,7,10,12-13H,6,11H2,1H3;1H/t7-,10-;/m1./s1. The third kappa shape index (κ3) is 2.96. The maximum Gasteiger partial charge on any atom is 0.105 e. The Morgan fingerprint density at radius 2 is 1.86 bits per heavy atom. The molecule has 1 aromatic carbocycles. The minimum atomic E-state index is -0.847. The molecule has 4 heteroatoms. The van der Waals surface area contributed by atoms with E-state index in [-0.39, 0.29) is 12.4 Å². The van der Waals surface area contributed by atoms with Crippen molar-refractivity contribution in [2.24, 2.45) is 5.73 Å². The van der Waals surface area contributed by atoms with Crippen molar-refractivity contribution in [1.82, 2.24) is 0 Å². The van der Waals surface area contributed by atoms with Gasteiger partial charge in [0.2, 0.25) is 0 Å². The summed E-state index contributed by atoms with van der Waals surface area (Å²) in [6, 6.07) is 7.31. The van der Waals surface area contributed by atoms with Gasteiger partial charge in [0.05, 0.1) is 6.10 Å². The highest BCUT2D eigenvalue weighted by Gasteiger charge is 2.15. The second-order valence-corrected chi connectivity index (χ2v) is 3.09. The Morgan fingerprint density at radius 3 is 2.36 bits per heavy atom. The molecule has 0 aromatic heterocycles. The molecule has 14 heavy (non-hydrogen) atoms. The molecule has 0 aliphatic heterocycles. The zero-order chi connectivity index (χ0) is 9.84. The van der Waals surface area contributed by atoms with Gasteiger partial charge in [-0.05, 0) is 18.1 Å². The Morgan fingerprint density at radius 1 is 1.29 bits per heavy atom. The van der Waals surface area contributed by atoms with Crippen molar-refractivity contribution >= 4 is 12.4 Å². The number of aliphatic hydroxyl groups is 2. The molecule has 2 atom stereocenters. The van der Waals surface area contributed by atoms with Crippen LogP contribution in [-0.2, 0) is 6.54 Å². The van der Waals surface area contributed by atoms with Gasteiger partial charge in [-0.2, -0.15) is 0 Å². The Bertz CT molecular complexity index is 279. The van der Waals surface area contributed by atoms with Crippen LogP contribution in [0.3, 0.4) is 0 Å². The van der Waals surface area contributed by atoms with Gasteiger partial charge in [-0.1, -0.05) is 24.3 Å². The monoisotopic (exact) mass is 217 g/mol. The fraction of sp³-hybridized carbons (Fsp3) is 0.400. The van der Waals surface area contributed by atoms with E-state index in [1.165, 1.54) is 0 Å². The minimum Gasteiger partial charge on any atom is -0.390 e. The third-order valence-electron chi connectivity index (χ3n) is 2.05. The zero-order valence-electron chi connectivity index (χ0n) is 8.05. The molecule has 0 aliphatic rings. The molecule has 1 aromatic rings. The van der Waals surface area contributed by atoms with Crippen LogP contribution in [0.1, 0.15) is 24.2 Å². The summed E-state index contributed by atoms with van der Waals surface area (Å²) >= 11 is 0. The van der Waals surface area contributed by atoms with Crippen molar-refractivity contribution in [3.63, 3.8) is 0 Å². The zero-order valence-corrected chi connectivity index (χ0v) is 8.87. The average Bonchev–Trinajstić information content (AvgIpc) is 2.16. The van der Waals surface area contributed by atoms with E-state index in [4.69, 9.17) is 5.73 Å². The van der Waals surface area contributed by atoms with Crippen LogP contribution in [0.4, 0.5) is 0 Å². The molecule has 3 nitrogen and oxygen atoms in total. The van der Waals surface area contributed by atoms with Crippen LogP contribution < -0.4 is 5.73 Å². The highest BCUT2D eigenvalue weighted by Crippen LogP contribution is 2.20. The average molecular weight is 218 g/mol. The van der Waals surface area contributed by atoms with Gasteiger partial charge < -0.3 is 15.9 Å². The number of hydrogen-bond acceptors (Lipinski definition) is 3. The van der Waals surface area contributed by atoms with Crippen LogP contribution in [0.5, 0.6) is 0 Å². The predicted molar refractivity (Wildman–Crippen MR) is 58.2 cm³/mol. The second-order valence-electron chi connectivity index (χ2n) is 3.09. The molecule has 0 radical (unpaired) electrons. The van der Waals surface area contributed by atoms with Crippen LogP contribution in [-0.4, -0.2) is 16.3 Å². The number of benzene rings is 1. The predicted octanol–water partition coefficient (Wildman–Crippen LogP) is 0.981. The molecule has 4 N–H and O–H groups in total. The first-order chi connectivity index (χ1) is 6.16. The third-order valence-corrected chi connectivity index (χ3v) is 2.05. The molecule has 0 amide bonds. The number of hydrogen-bond donors (Lipinski definition) is 3. The van der Waals surface area contributed by atoms with Gasteiger partial charge in [-0.15, -0.1) is 12.4 Å². The molecule has 0 aliphatic carbocycles. The van der Waals surface area contributed by atoms with Crippen LogP contribution in [0.15, 0.2) is 24.3 Å². The molecule has 0 spiro atoms. The van der Waals surface area contributed by atoms with Crippen molar-refractivity contribution in [2.45, 2.75) is 25.7 Å². The lowest BCUT2D eigenvalue weighted by molar-refractivity contribution is 0.0300. The van der Waals surface area contributed by atoms with Crippen molar-refractivity contribution in [2.75, 3.05) is 0 Å². The number of rotatable bonds is 3. The Labute approximate surface area is 90.0 Å². The molecule has 1 rings (SSSR count). The van der Waals surface area contributed by atoms with Gasteiger partial charge in [0.1, 0.15) is 6.10 Å². The van der Waals surface area contributed by atoms with E-state index in [9.17, 15) is 10.2 Å². The lowest BCUT2D eigenvalue weighted by atomic mass is 9.99. The van der Waals surface area contributed by atoms with E-state index in [1.54, 1.807) is 13.0 Å². The molecule has 0 bridgehead atoms. The quantitative estimate of drug-likeness (QED) is 0.707. The largest absolute Gasteiger partial charge is 0.390 e. The molecule has 0 fully saturated rings. The lowest BCUT2D eigenvalue weighted by Crippen LogP contribution is -2.16. The van der Waals surface area contributed by atoms with E-state index < -0.39 is 12.2 Å². The molecule has 0 saturated carbocycles. The Kier molecular flexibility index (Phi) is 5.72. The first kappa shape index (κ1) is 13.4. The number of nitrogens with two attached hydrogens (primary N) is 1. The summed E-state index contributed by atoms with van der Waals surface area (Å²) in [5, 5.41) is 18.8. The summed E-state index contributed by atoms with van der Waals surface area (Å²) in [5.41, 5.74) is 7.08. The second kappa shape index (κ2) is 5.98. The molecular formula is C10H16ClNO2. The highest BCUT2D eigenvalue weighted by atomic mass is 35.5. The van der Waals surface area contributed by atoms with Crippen molar-refractivity contribution in [1.29, 1.82) is 0 Å². The minimum absolute atomic E-state index is 0. The molecule has 80 valence electrons. The van der Waals surface area contributed by atoms with Crippen molar-refractivity contribution < 1.29 is 10.2 Å². The van der Waals surface area contributed by atoms with Gasteiger partial charge in [0.15, 0.2) is 0 Å². The highest BCUT2D eigenvalue weighted by molar-refractivity contribution is 5.85. The number of halogens is 1. The number of aliphatic hydroxyl groups excluding tert-OH is 2. The van der Waals surface area contributed by atoms with E-state index in [0.717, 1.165) is 5.56 Å². The van der Waals surface area contributed by atoms with E-state index in [0.29, 0.717) is 12.1 Å². The van der Waals surface area contributed by atoms with Crippen LogP contribution >= 0.6 is 12.4 Å². The molecule has 0 heterocycles. The summed E-state index contributed by atoms with van der Waals surface area (Å²) in [6.45, 7) is 1.93. The van der Waals surface area contributed by atoms with Gasteiger partial charge in [0.25, 0.3) is 0 Å². The summed E-state index contributed by atoms with van der Waals surface area (Å²) in [6.07, 6.45) is -1.62. The summed E-state index contributed by atoms with van der Waals surface area (Å²) < 4.78 is 0. The van der Waals surface area contributed by atoms with Gasteiger partial charge in [0, 0.05) is 6.54 Å². The van der Waals surface area contributed by atoms with E-state index in [1.807, 2.05) is 18.2 Å². The topological polar surface area (TPSA) is 66.5 Å². The maximum atomic E-state index is 9.60. The fourth-order valence-corrected chi connectivity index (χ4v) is 1.27. The summed E-state index contributed by atoms with van der Waals surface area (Å²) in [4.78, 5) is 0. The Balaban J connectivity index is 0.00000169. The van der Waals surface area contributed by atoms with E-state index >= 15 is 0 Å². The molecular weight excluding hydrogens is 202 g/mol. The first-order valence-electron chi connectivity index (χ1n) is 4.30. The summed E-state index contributed by atoms with van der Waals surface area (Å²) in [5.74, 6) is 0. The van der Waals surface area contributed by atoms with Crippen molar-refractivity contribution in [3.05, 3.63) is 35.4 Å². The van der Waals surface area contributed by atoms with Crippen LogP contribution in [0.2, 0.25) is 0 Å². The Hall–Kier alpha value is -0.610. The van der Waals surface area contributed by atoms with Gasteiger partial charge in [-0.3, -0.25) is 0 Å². The molecule has 0 saturated heterocycles. The SMILES string of the molecule is C[C@@H](O)[C@@H](O)c1ccccc1CN.Cl. The smallest absolute Gasteiger partial charge is 0.105 e. The lowest BCUT2D eigenvalue weighted by Gasteiger charge is -2.16. The van der Waals surface area contributed by atoms with Crippen LogP contribution in [0, 0.1) is 0 Å².